The first-order valence-electron chi connectivity index (χ1n) is 6.14. The van der Waals surface area contributed by atoms with Crippen LogP contribution in [0.1, 0.15) is 0 Å². The summed E-state index contributed by atoms with van der Waals surface area (Å²) < 4.78 is 5.08. The minimum atomic E-state index is -1.05. The summed E-state index contributed by atoms with van der Waals surface area (Å²) >= 11 is 1.59. The summed E-state index contributed by atoms with van der Waals surface area (Å²) in [7, 11) is 0. The maximum absolute atomic E-state index is 12.1. The third kappa shape index (κ3) is 3.64. The average Bonchev–Trinajstić information content (AvgIpc) is 2.47. The van der Waals surface area contributed by atoms with Gasteiger partial charge in [-0.25, -0.2) is 9.59 Å². The molecule has 0 bridgehead atoms. The molecule has 1 aromatic rings. The molecule has 2 rings (SSSR count). The average molecular weight is 296 g/mol. The van der Waals surface area contributed by atoms with Gasteiger partial charge >= 0.3 is 12.0 Å². The third-order valence-corrected chi connectivity index (χ3v) is 3.68. The van der Waals surface area contributed by atoms with E-state index in [2.05, 4.69) is 5.32 Å². The molecule has 1 atom stereocenters. The zero-order valence-corrected chi connectivity index (χ0v) is 11.9. The lowest BCUT2D eigenvalue weighted by Crippen LogP contribution is -2.49. The van der Waals surface area contributed by atoms with Crippen molar-refractivity contribution in [1.82, 2.24) is 4.90 Å². The fourth-order valence-electron chi connectivity index (χ4n) is 1.89. The van der Waals surface area contributed by atoms with Gasteiger partial charge in [0.25, 0.3) is 0 Å². The van der Waals surface area contributed by atoms with Crippen molar-refractivity contribution in [3.8, 4) is 0 Å². The van der Waals surface area contributed by atoms with Crippen molar-refractivity contribution in [1.29, 1.82) is 0 Å². The number of urea groups is 1. The lowest BCUT2D eigenvalue weighted by Gasteiger charge is -2.30. The van der Waals surface area contributed by atoms with Crippen LogP contribution in [0.5, 0.6) is 0 Å². The zero-order valence-electron chi connectivity index (χ0n) is 11.0. The minimum absolute atomic E-state index is 0.0589. The van der Waals surface area contributed by atoms with Gasteiger partial charge in [0.05, 0.1) is 13.2 Å². The number of carbonyl (C=O) groups excluding carboxylic acids is 1. The molecule has 1 heterocycles. The van der Waals surface area contributed by atoms with Crippen LogP contribution in [0, 0.1) is 0 Å². The van der Waals surface area contributed by atoms with E-state index in [1.165, 1.54) is 4.90 Å². The van der Waals surface area contributed by atoms with Crippen molar-refractivity contribution in [2.24, 2.45) is 0 Å². The number of ether oxygens (including phenoxy) is 1. The number of hydrogen-bond acceptors (Lipinski definition) is 4. The van der Waals surface area contributed by atoms with Crippen molar-refractivity contribution in [3.63, 3.8) is 0 Å². The highest BCUT2D eigenvalue weighted by Crippen LogP contribution is 2.19. The fourth-order valence-corrected chi connectivity index (χ4v) is 2.35. The second-order valence-electron chi connectivity index (χ2n) is 4.31. The molecule has 2 amide bonds. The number of hydrogen-bond donors (Lipinski definition) is 2. The number of thioether (sulfide) groups is 1. The summed E-state index contributed by atoms with van der Waals surface area (Å²) in [5.74, 6) is -1.05. The molecule has 1 saturated heterocycles. The quantitative estimate of drug-likeness (QED) is 0.830. The van der Waals surface area contributed by atoms with Gasteiger partial charge in [-0.1, -0.05) is 6.07 Å². The molecule has 6 nitrogen and oxygen atoms in total. The summed E-state index contributed by atoms with van der Waals surface area (Å²) in [5, 5.41) is 11.7. The Kier molecular flexibility index (Phi) is 4.86. The van der Waals surface area contributed by atoms with E-state index in [9.17, 15) is 9.59 Å². The Bertz CT molecular complexity index is 509. The Labute approximate surface area is 121 Å². The standard InChI is InChI=1S/C13H16N2O4S/c1-20-10-4-2-3-9(7-10)14-13(18)15-5-6-19-11(8-15)12(16)17/h2-4,7,11H,5-6,8H2,1H3,(H,14,18)(H,16,17). The third-order valence-electron chi connectivity index (χ3n) is 2.95. The molecule has 1 fully saturated rings. The van der Waals surface area contributed by atoms with Crippen LogP contribution in [0.2, 0.25) is 0 Å². The molecular weight excluding hydrogens is 280 g/mol. The summed E-state index contributed by atoms with van der Waals surface area (Å²) in [6.45, 7) is 0.677. The fraction of sp³-hybridized carbons (Fsp3) is 0.385. The van der Waals surface area contributed by atoms with Gasteiger partial charge in [-0.2, -0.15) is 0 Å². The molecule has 0 saturated carbocycles. The Morgan fingerprint density at radius 1 is 1.50 bits per heavy atom. The maximum Gasteiger partial charge on any atom is 0.334 e. The summed E-state index contributed by atoms with van der Waals surface area (Å²) in [6.07, 6.45) is 1.01. The summed E-state index contributed by atoms with van der Waals surface area (Å²) in [5.41, 5.74) is 0.695. The van der Waals surface area contributed by atoms with E-state index in [-0.39, 0.29) is 19.2 Å². The zero-order chi connectivity index (χ0) is 14.5. The maximum atomic E-state index is 12.1. The highest BCUT2D eigenvalue weighted by Gasteiger charge is 2.28. The van der Waals surface area contributed by atoms with Gasteiger partial charge in [0.1, 0.15) is 0 Å². The Balaban J connectivity index is 1.98. The molecule has 0 spiro atoms. The monoisotopic (exact) mass is 296 g/mol. The molecule has 1 aliphatic heterocycles. The van der Waals surface area contributed by atoms with E-state index in [4.69, 9.17) is 9.84 Å². The number of amides is 2. The molecule has 2 N–H and O–H groups in total. The predicted octanol–water partition coefficient (Wildman–Crippen LogP) is 1.73. The van der Waals surface area contributed by atoms with Gasteiger partial charge in [0.15, 0.2) is 6.10 Å². The van der Waals surface area contributed by atoms with E-state index >= 15 is 0 Å². The largest absolute Gasteiger partial charge is 0.479 e. The summed E-state index contributed by atoms with van der Waals surface area (Å²) in [6, 6.07) is 7.18. The number of benzene rings is 1. The first kappa shape index (κ1) is 14.7. The van der Waals surface area contributed by atoms with Crippen LogP contribution in [0.4, 0.5) is 10.5 Å². The van der Waals surface area contributed by atoms with E-state index in [0.717, 1.165) is 4.90 Å². The number of carbonyl (C=O) groups is 2. The summed E-state index contributed by atoms with van der Waals surface area (Å²) in [4.78, 5) is 25.5. The molecule has 0 radical (unpaired) electrons. The van der Waals surface area contributed by atoms with Gasteiger partial charge in [-0.05, 0) is 24.5 Å². The van der Waals surface area contributed by atoms with Crippen LogP contribution in [0.15, 0.2) is 29.2 Å². The highest BCUT2D eigenvalue weighted by molar-refractivity contribution is 7.98. The number of rotatable bonds is 3. The number of nitrogens with zero attached hydrogens (tertiary/aromatic N) is 1. The van der Waals surface area contributed by atoms with Crippen molar-refractivity contribution in [3.05, 3.63) is 24.3 Å². The lowest BCUT2D eigenvalue weighted by molar-refractivity contribution is -0.154. The number of anilines is 1. The Morgan fingerprint density at radius 2 is 2.30 bits per heavy atom. The SMILES string of the molecule is CSc1cccc(NC(=O)N2CCOC(C(=O)O)C2)c1. The lowest BCUT2D eigenvalue weighted by atomic mass is 10.3. The molecule has 1 aromatic carbocycles. The van der Waals surface area contributed by atoms with E-state index in [1.807, 2.05) is 24.5 Å². The second kappa shape index (κ2) is 6.62. The van der Waals surface area contributed by atoms with Crippen LogP contribution < -0.4 is 5.32 Å². The van der Waals surface area contributed by atoms with Crippen molar-refractivity contribution in [2.75, 3.05) is 31.3 Å². The van der Waals surface area contributed by atoms with E-state index < -0.39 is 12.1 Å². The van der Waals surface area contributed by atoms with Gasteiger partial charge in [0.2, 0.25) is 0 Å². The molecule has 0 aromatic heterocycles. The van der Waals surface area contributed by atoms with Crippen LogP contribution in [0.25, 0.3) is 0 Å². The topological polar surface area (TPSA) is 78.9 Å². The number of carboxylic acids is 1. The predicted molar refractivity (Wildman–Crippen MR) is 76.2 cm³/mol. The number of nitrogens with one attached hydrogen (secondary N) is 1. The van der Waals surface area contributed by atoms with Gasteiger partial charge in [-0.15, -0.1) is 11.8 Å². The molecular formula is C13H16N2O4S. The van der Waals surface area contributed by atoms with Gasteiger partial charge in [0, 0.05) is 17.1 Å². The first-order chi connectivity index (χ1) is 9.60. The number of carboxylic acid groups (broad SMARTS) is 1. The van der Waals surface area contributed by atoms with Crippen LogP contribution in [-0.2, 0) is 9.53 Å². The second-order valence-corrected chi connectivity index (χ2v) is 5.19. The molecule has 20 heavy (non-hydrogen) atoms. The molecule has 7 heteroatoms. The molecule has 1 unspecified atom stereocenters. The smallest absolute Gasteiger partial charge is 0.334 e. The minimum Gasteiger partial charge on any atom is -0.479 e. The molecule has 1 aliphatic rings. The normalized spacial score (nSPS) is 18.6. The van der Waals surface area contributed by atoms with Crippen LogP contribution >= 0.6 is 11.8 Å². The molecule has 108 valence electrons. The Morgan fingerprint density at radius 3 is 3.00 bits per heavy atom. The van der Waals surface area contributed by atoms with Crippen LogP contribution in [0.3, 0.4) is 0 Å². The van der Waals surface area contributed by atoms with Crippen LogP contribution in [-0.4, -0.2) is 54.1 Å². The first-order valence-corrected chi connectivity index (χ1v) is 7.37. The van der Waals surface area contributed by atoms with Gasteiger partial charge < -0.3 is 20.1 Å². The Hall–Kier alpha value is -1.73. The molecule has 0 aliphatic carbocycles. The van der Waals surface area contributed by atoms with E-state index in [0.29, 0.717) is 12.2 Å². The van der Waals surface area contributed by atoms with Crippen molar-refractivity contribution in [2.45, 2.75) is 11.0 Å². The van der Waals surface area contributed by atoms with Crippen molar-refractivity contribution >= 4 is 29.4 Å². The van der Waals surface area contributed by atoms with Gasteiger partial charge in [-0.3, -0.25) is 0 Å². The number of morpholine rings is 1. The van der Waals surface area contributed by atoms with E-state index in [1.54, 1.807) is 17.8 Å². The highest BCUT2D eigenvalue weighted by atomic mass is 32.2. The number of aliphatic carboxylic acids is 1. The van der Waals surface area contributed by atoms with Crippen molar-refractivity contribution < 1.29 is 19.4 Å².